The highest BCUT2D eigenvalue weighted by atomic mass is 32.2. The van der Waals surface area contributed by atoms with Crippen LogP contribution in [0.15, 0.2) is 41.8 Å². The fraction of sp³-hybridized carbons (Fsp3) is 0.385. The Bertz CT molecular complexity index is 497. The summed E-state index contributed by atoms with van der Waals surface area (Å²) in [7, 11) is -3.49. The van der Waals surface area contributed by atoms with E-state index in [1.54, 1.807) is 30.3 Å². The highest BCUT2D eigenvalue weighted by Crippen LogP contribution is 2.20. The molecule has 5 heteroatoms. The SMILES string of the molecule is C=CCN(CCC)S(=O)(=O)c1ccccc1CN. The predicted molar refractivity (Wildman–Crippen MR) is 73.6 cm³/mol. The first-order valence-electron chi connectivity index (χ1n) is 5.97. The van der Waals surface area contributed by atoms with E-state index in [2.05, 4.69) is 6.58 Å². The fourth-order valence-corrected chi connectivity index (χ4v) is 3.50. The summed E-state index contributed by atoms with van der Waals surface area (Å²) in [5.74, 6) is 0. The third kappa shape index (κ3) is 3.19. The molecule has 0 radical (unpaired) electrons. The number of hydrogen-bond acceptors (Lipinski definition) is 3. The molecule has 1 aromatic rings. The zero-order valence-corrected chi connectivity index (χ0v) is 11.5. The Morgan fingerprint density at radius 1 is 1.39 bits per heavy atom. The summed E-state index contributed by atoms with van der Waals surface area (Å²) in [4.78, 5) is 0.294. The Morgan fingerprint density at radius 3 is 2.61 bits per heavy atom. The maximum Gasteiger partial charge on any atom is 0.243 e. The molecule has 0 saturated heterocycles. The Balaban J connectivity index is 3.21. The molecule has 0 unspecified atom stereocenters. The molecule has 1 aromatic carbocycles. The average molecular weight is 268 g/mol. The van der Waals surface area contributed by atoms with E-state index in [1.165, 1.54) is 4.31 Å². The third-order valence-corrected chi connectivity index (χ3v) is 4.58. The molecule has 0 bridgehead atoms. The molecule has 0 aliphatic rings. The molecule has 18 heavy (non-hydrogen) atoms. The molecule has 0 aromatic heterocycles. The number of nitrogens with two attached hydrogens (primary N) is 1. The summed E-state index contributed by atoms with van der Waals surface area (Å²) < 4.78 is 26.5. The van der Waals surface area contributed by atoms with Crippen molar-refractivity contribution in [1.82, 2.24) is 4.31 Å². The second-order valence-corrected chi connectivity index (χ2v) is 5.87. The first-order chi connectivity index (χ1) is 8.57. The van der Waals surface area contributed by atoms with Crippen LogP contribution in [0.4, 0.5) is 0 Å². The first kappa shape index (κ1) is 14.9. The summed E-state index contributed by atoms with van der Waals surface area (Å²) in [5.41, 5.74) is 6.23. The molecule has 0 spiro atoms. The number of hydrogen-bond donors (Lipinski definition) is 1. The van der Waals surface area contributed by atoms with E-state index >= 15 is 0 Å². The number of rotatable bonds is 7. The van der Waals surface area contributed by atoms with Crippen molar-refractivity contribution in [2.45, 2.75) is 24.8 Å². The van der Waals surface area contributed by atoms with Gasteiger partial charge in [0.2, 0.25) is 10.0 Å². The van der Waals surface area contributed by atoms with Crippen molar-refractivity contribution in [3.63, 3.8) is 0 Å². The van der Waals surface area contributed by atoms with Crippen LogP contribution in [0.5, 0.6) is 0 Å². The summed E-state index contributed by atoms with van der Waals surface area (Å²) in [5, 5.41) is 0. The van der Waals surface area contributed by atoms with Gasteiger partial charge in [-0.15, -0.1) is 6.58 Å². The van der Waals surface area contributed by atoms with Crippen molar-refractivity contribution >= 4 is 10.0 Å². The van der Waals surface area contributed by atoms with Gasteiger partial charge in [0.05, 0.1) is 4.90 Å². The molecule has 0 aliphatic carbocycles. The molecule has 4 nitrogen and oxygen atoms in total. The molecule has 100 valence electrons. The van der Waals surface area contributed by atoms with Crippen molar-refractivity contribution in [3.8, 4) is 0 Å². The number of sulfonamides is 1. The predicted octanol–water partition coefficient (Wildman–Crippen LogP) is 1.73. The minimum atomic E-state index is -3.49. The Hall–Kier alpha value is -1.17. The normalized spacial score (nSPS) is 11.7. The second kappa shape index (κ2) is 6.68. The van der Waals surface area contributed by atoms with Gasteiger partial charge >= 0.3 is 0 Å². The molecular formula is C13H20N2O2S. The highest BCUT2D eigenvalue weighted by Gasteiger charge is 2.24. The van der Waals surface area contributed by atoms with E-state index < -0.39 is 10.0 Å². The van der Waals surface area contributed by atoms with Gasteiger partial charge in [0.25, 0.3) is 0 Å². The fourth-order valence-electron chi connectivity index (χ4n) is 1.77. The van der Waals surface area contributed by atoms with Crippen molar-refractivity contribution < 1.29 is 8.42 Å². The molecule has 0 fully saturated rings. The van der Waals surface area contributed by atoms with E-state index in [4.69, 9.17) is 5.73 Å². The maximum atomic E-state index is 12.5. The van der Waals surface area contributed by atoms with Crippen LogP contribution in [0.2, 0.25) is 0 Å². The zero-order valence-electron chi connectivity index (χ0n) is 10.7. The molecule has 0 amide bonds. The van der Waals surface area contributed by atoms with Gasteiger partial charge in [-0.25, -0.2) is 8.42 Å². The van der Waals surface area contributed by atoms with Crippen LogP contribution in [0.3, 0.4) is 0 Å². The van der Waals surface area contributed by atoms with Gasteiger partial charge in [-0.05, 0) is 18.1 Å². The van der Waals surface area contributed by atoms with Crippen molar-refractivity contribution in [2.75, 3.05) is 13.1 Å². The van der Waals surface area contributed by atoms with Crippen molar-refractivity contribution in [1.29, 1.82) is 0 Å². The van der Waals surface area contributed by atoms with Crippen LogP contribution >= 0.6 is 0 Å². The van der Waals surface area contributed by atoms with Crippen LogP contribution < -0.4 is 5.73 Å². The van der Waals surface area contributed by atoms with Crippen LogP contribution in [0, 0.1) is 0 Å². The summed E-state index contributed by atoms with van der Waals surface area (Å²) in [6.45, 7) is 6.55. The molecular weight excluding hydrogens is 248 g/mol. The first-order valence-corrected chi connectivity index (χ1v) is 7.41. The quantitative estimate of drug-likeness (QED) is 0.766. The maximum absolute atomic E-state index is 12.5. The van der Waals surface area contributed by atoms with Gasteiger partial charge in [-0.1, -0.05) is 31.2 Å². The van der Waals surface area contributed by atoms with E-state index in [0.717, 1.165) is 6.42 Å². The number of nitrogens with zero attached hydrogens (tertiary/aromatic N) is 1. The molecule has 0 atom stereocenters. The monoisotopic (exact) mass is 268 g/mol. The second-order valence-electron chi connectivity index (χ2n) is 3.96. The average Bonchev–Trinajstić information content (AvgIpc) is 2.38. The van der Waals surface area contributed by atoms with Gasteiger partial charge in [-0.2, -0.15) is 4.31 Å². The minimum Gasteiger partial charge on any atom is -0.326 e. The lowest BCUT2D eigenvalue weighted by molar-refractivity contribution is 0.441. The molecule has 0 heterocycles. The summed E-state index contributed by atoms with van der Waals surface area (Å²) in [6.07, 6.45) is 2.36. The standard InChI is InChI=1S/C13H20N2O2S/c1-3-9-15(10-4-2)18(16,17)13-8-6-5-7-12(13)11-14/h3,5-8H,1,4,9-11,14H2,2H3. The summed E-state index contributed by atoms with van der Waals surface area (Å²) in [6, 6.07) is 6.84. The van der Waals surface area contributed by atoms with Crippen molar-refractivity contribution in [3.05, 3.63) is 42.5 Å². The third-order valence-electron chi connectivity index (χ3n) is 2.62. The number of benzene rings is 1. The smallest absolute Gasteiger partial charge is 0.243 e. The van der Waals surface area contributed by atoms with Crippen LogP contribution in [0.25, 0.3) is 0 Å². The Morgan fingerprint density at radius 2 is 2.06 bits per heavy atom. The van der Waals surface area contributed by atoms with Gasteiger partial charge < -0.3 is 5.73 Å². The highest BCUT2D eigenvalue weighted by molar-refractivity contribution is 7.89. The van der Waals surface area contributed by atoms with Crippen LogP contribution in [-0.4, -0.2) is 25.8 Å². The van der Waals surface area contributed by atoms with Gasteiger partial charge in [-0.3, -0.25) is 0 Å². The molecule has 2 N–H and O–H groups in total. The lowest BCUT2D eigenvalue weighted by Gasteiger charge is -2.21. The van der Waals surface area contributed by atoms with Gasteiger partial charge in [0, 0.05) is 19.6 Å². The summed E-state index contributed by atoms with van der Waals surface area (Å²) >= 11 is 0. The van der Waals surface area contributed by atoms with Crippen LogP contribution in [-0.2, 0) is 16.6 Å². The van der Waals surface area contributed by atoms with E-state index in [9.17, 15) is 8.42 Å². The van der Waals surface area contributed by atoms with Crippen molar-refractivity contribution in [2.24, 2.45) is 5.73 Å². The van der Waals surface area contributed by atoms with E-state index in [-0.39, 0.29) is 6.54 Å². The minimum absolute atomic E-state index is 0.212. The van der Waals surface area contributed by atoms with E-state index in [1.807, 2.05) is 6.92 Å². The van der Waals surface area contributed by atoms with Gasteiger partial charge in [0.15, 0.2) is 0 Å². The zero-order chi connectivity index (χ0) is 13.6. The Kier molecular flexibility index (Phi) is 5.53. The Labute approximate surface area is 109 Å². The van der Waals surface area contributed by atoms with Crippen LogP contribution in [0.1, 0.15) is 18.9 Å². The van der Waals surface area contributed by atoms with E-state index in [0.29, 0.717) is 23.5 Å². The largest absolute Gasteiger partial charge is 0.326 e. The molecule has 0 saturated carbocycles. The topological polar surface area (TPSA) is 63.4 Å². The molecule has 0 aliphatic heterocycles. The van der Waals surface area contributed by atoms with Gasteiger partial charge in [0.1, 0.15) is 0 Å². The lowest BCUT2D eigenvalue weighted by atomic mass is 10.2. The lowest BCUT2D eigenvalue weighted by Crippen LogP contribution is -2.32. The molecule has 1 rings (SSSR count).